The number of hydrogen-bond donors (Lipinski definition) is 2. The lowest BCUT2D eigenvalue weighted by Gasteiger charge is -1.34. The Kier molecular flexibility index (Phi) is 1.36. The Balaban J connectivity index is 0. The largest absolute Gasteiger partial charge is 1.00 e. The topological polar surface area (TPSA) is 57.5 Å². The second kappa shape index (κ2) is 1.35. The van der Waals surface area contributed by atoms with Gasteiger partial charge in [0.2, 0.25) is 0 Å². The van der Waals surface area contributed by atoms with E-state index in [4.69, 9.17) is 14.4 Å². The number of rotatable bonds is 0. The van der Waals surface area contributed by atoms with Gasteiger partial charge in [0.15, 0.2) is 0 Å². The van der Waals surface area contributed by atoms with Crippen LogP contribution in [0.4, 0.5) is 0 Å². The van der Waals surface area contributed by atoms with Crippen LogP contribution in [0, 0.1) is 0 Å². The minimum atomic E-state index is -2.87. The maximum atomic E-state index is 8.70. The van der Waals surface area contributed by atoms with E-state index in [-0.39, 0.29) is 1.43 Å². The fraction of sp³-hybridized carbons (Fsp3) is 0. The van der Waals surface area contributed by atoms with Crippen LogP contribution in [0.3, 0.4) is 0 Å². The standard InChI is InChI=1S/HO3P/c1-4(2)3/h(H-,1,2,3)/p+2. The Morgan fingerprint density at radius 1 is 1.75 bits per heavy atom. The predicted octanol–water partition coefficient (Wildman–Crippen LogP) is -0.259. The molecule has 0 radical (unpaired) electrons. The van der Waals surface area contributed by atoms with Crippen molar-refractivity contribution in [1.82, 2.24) is 0 Å². The van der Waals surface area contributed by atoms with Crippen LogP contribution in [0.2, 0.25) is 0 Å². The van der Waals surface area contributed by atoms with Gasteiger partial charge in [-0.2, -0.15) is 0 Å². The molecule has 0 rings (SSSR count). The fourth-order valence-electron chi connectivity index (χ4n) is 0. The van der Waals surface area contributed by atoms with E-state index in [0.717, 1.165) is 0 Å². The predicted molar refractivity (Wildman–Crippen MR) is 13.2 cm³/mol. The fourth-order valence-corrected chi connectivity index (χ4v) is 0. The quantitative estimate of drug-likeness (QED) is 0.396. The second-order valence-corrected chi connectivity index (χ2v) is 0.758. The van der Waals surface area contributed by atoms with E-state index in [9.17, 15) is 0 Å². The highest BCUT2D eigenvalue weighted by Gasteiger charge is 1.93. The Bertz CT molecular complexity index is 29.9. The Morgan fingerprint density at radius 3 is 1.75 bits per heavy atom. The van der Waals surface area contributed by atoms with Crippen LogP contribution in [-0.4, -0.2) is 9.79 Å². The first-order valence-corrected chi connectivity index (χ1v) is 1.75. The Morgan fingerprint density at radius 2 is 1.75 bits per heavy atom. The molecule has 3 nitrogen and oxygen atoms in total. The third-order valence-corrected chi connectivity index (χ3v) is 0. The zero-order valence-electron chi connectivity index (χ0n) is 2.75. The van der Waals surface area contributed by atoms with Gasteiger partial charge in [-0.15, -0.1) is 9.79 Å². The molecule has 0 aliphatic rings. The molecule has 4 heteroatoms. The van der Waals surface area contributed by atoms with Gasteiger partial charge in [-0.25, -0.2) is 0 Å². The van der Waals surface area contributed by atoms with E-state index in [1.54, 1.807) is 0 Å². The Hall–Kier alpha value is 0.0200. The Labute approximate surface area is 25.3 Å². The minimum absolute atomic E-state index is 0. The molecule has 0 heterocycles. The van der Waals surface area contributed by atoms with E-state index >= 15 is 0 Å². The molecule has 24 valence electrons. The van der Waals surface area contributed by atoms with Crippen molar-refractivity contribution in [2.45, 2.75) is 0 Å². The molecule has 0 unspecified atom stereocenters. The van der Waals surface area contributed by atoms with Gasteiger partial charge in [0, 0.05) is 4.57 Å². The minimum Gasteiger partial charge on any atom is -0.134 e. The summed E-state index contributed by atoms with van der Waals surface area (Å²) in [4.78, 5) is 14.2. The highest BCUT2D eigenvalue weighted by atomic mass is 31.1. The van der Waals surface area contributed by atoms with Crippen LogP contribution in [0.25, 0.3) is 0 Å². The maximum Gasteiger partial charge on any atom is 1.00 e. The molecule has 0 bridgehead atoms. The third-order valence-electron chi connectivity index (χ3n) is 0. The molecule has 0 aromatic carbocycles. The van der Waals surface area contributed by atoms with E-state index in [1.165, 1.54) is 0 Å². The highest BCUT2D eigenvalue weighted by molar-refractivity contribution is 7.30. The molecule has 0 aliphatic carbocycles. The SMILES string of the molecule is O=[P+](O)O.[H+]. The molecule has 0 spiro atoms. The van der Waals surface area contributed by atoms with Crippen molar-refractivity contribution in [3.8, 4) is 0 Å². The highest BCUT2D eigenvalue weighted by Crippen LogP contribution is 1.98. The molecule has 0 amide bonds. The molecule has 0 fully saturated rings. The molecule has 0 aliphatic heterocycles. The third kappa shape index (κ3) is 5250. The first kappa shape index (κ1) is 4.02. The summed E-state index contributed by atoms with van der Waals surface area (Å²) >= 11 is 0. The zero-order chi connectivity index (χ0) is 3.58. The first-order valence-electron chi connectivity index (χ1n) is 0.583. The van der Waals surface area contributed by atoms with Gasteiger partial charge < -0.3 is 0 Å². The first-order chi connectivity index (χ1) is 1.73. The van der Waals surface area contributed by atoms with Gasteiger partial charge in [-0.3, -0.25) is 0 Å². The molecule has 4 heavy (non-hydrogen) atoms. The normalized spacial score (nSPS) is 6.50. The van der Waals surface area contributed by atoms with Crippen molar-refractivity contribution in [2.24, 2.45) is 0 Å². The van der Waals surface area contributed by atoms with Crippen LogP contribution < -0.4 is 0 Å². The van der Waals surface area contributed by atoms with Gasteiger partial charge in [0.05, 0.1) is 0 Å². The lowest BCUT2D eigenvalue weighted by molar-refractivity contribution is 0.405. The van der Waals surface area contributed by atoms with Crippen LogP contribution >= 0.6 is 8.25 Å². The molecule has 0 aromatic rings. The summed E-state index contributed by atoms with van der Waals surface area (Å²) in [5.74, 6) is 0. The summed E-state index contributed by atoms with van der Waals surface area (Å²) in [6.07, 6.45) is 0. The molecule has 0 aromatic heterocycles. The average Bonchev–Trinajstić information content (AvgIpc) is 0.811. The molecule has 0 saturated carbocycles. The van der Waals surface area contributed by atoms with Gasteiger partial charge in [-0.05, 0) is 0 Å². The summed E-state index contributed by atoms with van der Waals surface area (Å²) in [7, 11) is -2.87. The number of hydrogen-bond acceptors (Lipinski definition) is 1. The van der Waals surface area contributed by atoms with Crippen LogP contribution in [-0.2, 0) is 4.57 Å². The summed E-state index contributed by atoms with van der Waals surface area (Å²) in [5, 5.41) is 0. The smallest absolute Gasteiger partial charge is 0.134 e. The monoisotopic (exact) mass is 82.0 g/mol. The van der Waals surface area contributed by atoms with Crippen LogP contribution in [0.15, 0.2) is 0 Å². The maximum absolute atomic E-state index is 8.70. The van der Waals surface area contributed by atoms with Crippen molar-refractivity contribution < 1.29 is 15.8 Å². The van der Waals surface area contributed by atoms with Gasteiger partial charge >= 0.3 is 9.68 Å². The summed E-state index contributed by atoms with van der Waals surface area (Å²) in [6.45, 7) is 0. The van der Waals surface area contributed by atoms with E-state index in [0.29, 0.717) is 0 Å². The van der Waals surface area contributed by atoms with Crippen LogP contribution in [0.5, 0.6) is 0 Å². The molecular formula is H3O3P+2. The van der Waals surface area contributed by atoms with Crippen molar-refractivity contribution >= 4 is 8.25 Å². The summed E-state index contributed by atoms with van der Waals surface area (Å²) in [6, 6.07) is 0. The second-order valence-electron chi connectivity index (χ2n) is 0.253. The molecule has 0 atom stereocenters. The lowest BCUT2D eigenvalue weighted by Crippen LogP contribution is -1.38. The molecular weight excluding hydrogens is 79.0 g/mol. The molecule has 0 saturated heterocycles. The van der Waals surface area contributed by atoms with Gasteiger partial charge in [0.1, 0.15) is 0 Å². The van der Waals surface area contributed by atoms with Gasteiger partial charge in [0.25, 0.3) is 0 Å². The van der Waals surface area contributed by atoms with Crippen molar-refractivity contribution in [1.29, 1.82) is 0 Å². The summed E-state index contributed by atoms with van der Waals surface area (Å²) in [5.41, 5.74) is 0. The van der Waals surface area contributed by atoms with Gasteiger partial charge in [-0.1, -0.05) is 0 Å². The van der Waals surface area contributed by atoms with Crippen LogP contribution in [0.1, 0.15) is 1.43 Å². The average molecular weight is 82.0 g/mol. The van der Waals surface area contributed by atoms with E-state index in [2.05, 4.69) is 0 Å². The van der Waals surface area contributed by atoms with Crippen molar-refractivity contribution in [2.75, 3.05) is 0 Å². The van der Waals surface area contributed by atoms with Crippen molar-refractivity contribution in [3.63, 3.8) is 0 Å². The zero-order valence-corrected chi connectivity index (χ0v) is 2.64. The lowest BCUT2D eigenvalue weighted by atomic mass is 15.8. The van der Waals surface area contributed by atoms with Crippen molar-refractivity contribution in [3.05, 3.63) is 0 Å². The van der Waals surface area contributed by atoms with E-state index in [1.807, 2.05) is 0 Å². The molecule has 2 N–H and O–H groups in total. The summed E-state index contributed by atoms with van der Waals surface area (Å²) < 4.78 is 8.70. The van der Waals surface area contributed by atoms with E-state index < -0.39 is 8.25 Å².